The van der Waals surface area contributed by atoms with E-state index in [-0.39, 0.29) is 12.6 Å². The van der Waals surface area contributed by atoms with Crippen LogP contribution in [-0.2, 0) is 16.8 Å². The Hall–Kier alpha value is -0.960. The van der Waals surface area contributed by atoms with Gasteiger partial charge >= 0.3 is 0 Å². The van der Waals surface area contributed by atoms with Crippen LogP contribution in [0.3, 0.4) is 0 Å². The van der Waals surface area contributed by atoms with Crippen LogP contribution in [0.5, 0.6) is 0 Å². The molecule has 0 bridgehead atoms. The average Bonchev–Trinajstić information content (AvgIpc) is 2.89. The summed E-state index contributed by atoms with van der Waals surface area (Å²) in [5.41, 5.74) is 1.76. The van der Waals surface area contributed by atoms with Crippen LogP contribution in [0.25, 0.3) is 0 Å². The first-order chi connectivity index (χ1) is 10.0. The molecule has 1 aliphatic rings. The Morgan fingerprint density at radius 3 is 2.95 bits per heavy atom. The van der Waals surface area contributed by atoms with E-state index in [2.05, 4.69) is 20.2 Å². The summed E-state index contributed by atoms with van der Waals surface area (Å²) in [4.78, 5) is 0. The van der Waals surface area contributed by atoms with Crippen LogP contribution in [0.2, 0.25) is 0 Å². The maximum absolute atomic E-state index is 12.5. The monoisotopic (exact) mass is 315 g/mol. The molecule has 8 heteroatoms. The first-order valence-corrected chi connectivity index (χ1v) is 8.94. The number of aryl methyl sites for hydroxylation is 1. The van der Waals surface area contributed by atoms with Crippen LogP contribution in [-0.4, -0.2) is 48.6 Å². The lowest BCUT2D eigenvalue weighted by Crippen LogP contribution is -2.52. The number of H-pyrrole nitrogens is 1. The van der Waals surface area contributed by atoms with Gasteiger partial charge in [-0.3, -0.25) is 5.10 Å². The lowest BCUT2D eigenvalue weighted by molar-refractivity contribution is 0.243. The molecule has 120 valence electrons. The van der Waals surface area contributed by atoms with Crippen LogP contribution < -0.4 is 10.0 Å². The van der Waals surface area contributed by atoms with Gasteiger partial charge in [-0.2, -0.15) is 22.5 Å². The van der Waals surface area contributed by atoms with Crippen LogP contribution >= 0.6 is 0 Å². The molecule has 7 nitrogen and oxygen atoms in total. The highest BCUT2D eigenvalue weighted by molar-refractivity contribution is 7.87. The summed E-state index contributed by atoms with van der Waals surface area (Å²) in [7, 11) is -3.45. The third-order valence-electron chi connectivity index (χ3n) is 3.89. The van der Waals surface area contributed by atoms with E-state index in [0.717, 1.165) is 37.1 Å². The molecule has 0 radical (unpaired) electrons. The number of nitrogens with one attached hydrogen (secondary N) is 3. The van der Waals surface area contributed by atoms with E-state index in [1.807, 2.05) is 13.8 Å². The predicted octanol–water partition coefficient (Wildman–Crippen LogP) is 0.517. The van der Waals surface area contributed by atoms with E-state index in [1.54, 1.807) is 10.5 Å². The standard InChI is InChI=1S/C13H25N5O2S/c1-3-14-10-13-6-4-5-7-18(13)21(19,20)16-9-12-8-15-17-11(12)2/h8,13-14,16H,3-7,9-10H2,1-2H3,(H,15,17). The van der Waals surface area contributed by atoms with Crippen molar-refractivity contribution in [2.75, 3.05) is 19.6 Å². The van der Waals surface area contributed by atoms with E-state index in [9.17, 15) is 8.42 Å². The molecule has 1 aliphatic heterocycles. The summed E-state index contributed by atoms with van der Waals surface area (Å²) >= 11 is 0. The van der Waals surface area contributed by atoms with Crippen molar-refractivity contribution in [2.45, 2.75) is 45.7 Å². The first-order valence-electron chi connectivity index (χ1n) is 7.50. The van der Waals surface area contributed by atoms with Gasteiger partial charge in [0, 0.05) is 36.9 Å². The van der Waals surface area contributed by atoms with Crippen molar-refractivity contribution in [1.82, 2.24) is 24.5 Å². The smallest absolute Gasteiger partial charge is 0.280 e. The Labute approximate surface area is 126 Å². The second kappa shape index (κ2) is 7.35. The number of hydrogen-bond donors (Lipinski definition) is 3. The summed E-state index contributed by atoms with van der Waals surface area (Å²) in [6.45, 7) is 6.34. The Bertz CT molecular complexity index is 543. The number of aromatic amines is 1. The van der Waals surface area contributed by atoms with Gasteiger partial charge in [-0.25, -0.2) is 0 Å². The Kier molecular flexibility index (Phi) is 5.74. The van der Waals surface area contributed by atoms with E-state index in [4.69, 9.17) is 0 Å². The molecular weight excluding hydrogens is 290 g/mol. The summed E-state index contributed by atoms with van der Waals surface area (Å²) in [5.74, 6) is 0. The number of aromatic nitrogens is 2. The van der Waals surface area contributed by atoms with Gasteiger partial charge in [-0.1, -0.05) is 13.3 Å². The predicted molar refractivity (Wildman–Crippen MR) is 82.0 cm³/mol. The van der Waals surface area contributed by atoms with Gasteiger partial charge in [0.1, 0.15) is 0 Å². The molecule has 1 aromatic heterocycles. The molecule has 0 aromatic carbocycles. The molecule has 0 amide bonds. The van der Waals surface area contributed by atoms with Crippen molar-refractivity contribution in [3.05, 3.63) is 17.5 Å². The highest BCUT2D eigenvalue weighted by Gasteiger charge is 2.31. The normalized spacial score (nSPS) is 20.8. The fraction of sp³-hybridized carbons (Fsp3) is 0.769. The minimum atomic E-state index is -3.45. The number of likely N-dealkylation sites (N-methyl/N-ethyl adjacent to an activating group) is 1. The van der Waals surface area contributed by atoms with Gasteiger partial charge in [0.25, 0.3) is 10.2 Å². The highest BCUT2D eigenvalue weighted by Crippen LogP contribution is 2.19. The van der Waals surface area contributed by atoms with Crippen LogP contribution in [0.15, 0.2) is 6.20 Å². The van der Waals surface area contributed by atoms with Crippen LogP contribution in [0, 0.1) is 6.92 Å². The molecule has 0 spiro atoms. The zero-order valence-corrected chi connectivity index (χ0v) is 13.5. The van der Waals surface area contributed by atoms with E-state index < -0.39 is 10.2 Å². The van der Waals surface area contributed by atoms with Gasteiger partial charge in [0.05, 0.1) is 6.20 Å². The third-order valence-corrected chi connectivity index (χ3v) is 5.50. The summed E-state index contributed by atoms with van der Waals surface area (Å²) in [5, 5.41) is 9.97. The molecule has 2 heterocycles. The number of nitrogens with zero attached hydrogens (tertiary/aromatic N) is 2. The minimum Gasteiger partial charge on any atom is -0.315 e. The van der Waals surface area contributed by atoms with Crippen molar-refractivity contribution in [2.24, 2.45) is 0 Å². The van der Waals surface area contributed by atoms with Crippen molar-refractivity contribution in [3.63, 3.8) is 0 Å². The molecule has 21 heavy (non-hydrogen) atoms. The molecule has 1 atom stereocenters. The second-order valence-electron chi connectivity index (χ2n) is 5.41. The zero-order valence-electron chi connectivity index (χ0n) is 12.7. The topological polar surface area (TPSA) is 90.1 Å². The van der Waals surface area contributed by atoms with Crippen LogP contribution in [0.4, 0.5) is 0 Å². The highest BCUT2D eigenvalue weighted by atomic mass is 32.2. The molecule has 2 rings (SSSR count). The first kappa shape index (κ1) is 16.4. The van der Waals surface area contributed by atoms with Crippen molar-refractivity contribution in [3.8, 4) is 0 Å². The number of rotatable bonds is 7. The molecule has 3 N–H and O–H groups in total. The summed E-state index contributed by atoms with van der Waals surface area (Å²) < 4.78 is 29.3. The van der Waals surface area contributed by atoms with Crippen molar-refractivity contribution < 1.29 is 8.42 Å². The quantitative estimate of drug-likeness (QED) is 0.684. The second-order valence-corrected chi connectivity index (χ2v) is 7.12. The van der Waals surface area contributed by atoms with Crippen LogP contribution in [0.1, 0.15) is 37.4 Å². The maximum Gasteiger partial charge on any atom is 0.280 e. The maximum atomic E-state index is 12.5. The Morgan fingerprint density at radius 1 is 1.48 bits per heavy atom. The molecule has 0 saturated carbocycles. The van der Waals surface area contributed by atoms with E-state index in [1.165, 1.54) is 0 Å². The van der Waals surface area contributed by atoms with Gasteiger partial charge in [0.2, 0.25) is 0 Å². The van der Waals surface area contributed by atoms with Gasteiger partial charge < -0.3 is 5.32 Å². The van der Waals surface area contributed by atoms with E-state index in [0.29, 0.717) is 13.1 Å². The SMILES string of the molecule is CCNCC1CCCCN1S(=O)(=O)NCc1cn[nH]c1C. The minimum absolute atomic E-state index is 0.0432. The average molecular weight is 315 g/mol. The van der Waals surface area contributed by atoms with Crippen molar-refractivity contribution >= 4 is 10.2 Å². The van der Waals surface area contributed by atoms with E-state index >= 15 is 0 Å². The summed E-state index contributed by atoms with van der Waals surface area (Å²) in [6.07, 6.45) is 4.58. The molecular formula is C13H25N5O2S. The lowest BCUT2D eigenvalue weighted by atomic mass is 10.1. The molecule has 1 fully saturated rings. The van der Waals surface area contributed by atoms with Crippen molar-refractivity contribution in [1.29, 1.82) is 0 Å². The van der Waals surface area contributed by atoms with Gasteiger partial charge in [-0.05, 0) is 26.3 Å². The Balaban J connectivity index is 2.00. The number of piperidine rings is 1. The largest absolute Gasteiger partial charge is 0.315 e. The zero-order chi connectivity index (χ0) is 15.3. The molecule has 0 aliphatic carbocycles. The molecule has 1 unspecified atom stereocenters. The van der Waals surface area contributed by atoms with Gasteiger partial charge in [0.15, 0.2) is 0 Å². The third kappa shape index (κ3) is 4.26. The summed E-state index contributed by atoms with van der Waals surface area (Å²) in [6, 6.07) is 0.0432. The number of hydrogen-bond acceptors (Lipinski definition) is 4. The van der Waals surface area contributed by atoms with Gasteiger partial charge in [-0.15, -0.1) is 0 Å². The lowest BCUT2D eigenvalue weighted by Gasteiger charge is -2.34. The molecule has 1 aromatic rings. The molecule has 1 saturated heterocycles. The Morgan fingerprint density at radius 2 is 2.29 bits per heavy atom. The fourth-order valence-corrected chi connectivity index (χ4v) is 4.06. The fourth-order valence-electron chi connectivity index (χ4n) is 2.61.